The van der Waals surface area contributed by atoms with Crippen molar-refractivity contribution >= 4 is 35.8 Å². The molecule has 0 aliphatic rings. The maximum Gasteiger partial charge on any atom is 0.339 e. The van der Waals surface area contributed by atoms with Crippen molar-refractivity contribution in [1.82, 2.24) is 0 Å². The quantitative estimate of drug-likeness (QED) is 0.0718. The van der Waals surface area contributed by atoms with E-state index in [-0.39, 0.29) is 35.5 Å². The van der Waals surface area contributed by atoms with Crippen LogP contribution in [-0.2, 0) is 9.47 Å². The van der Waals surface area contributed by atoms with Crippen LogP contribution in [0.25, 0.3) is 0 Å². The largest absolute Gasteiger partial charge is 0.478 e. The van der Waals surface area contributed by atoms with Crippen LogP contribution < -0.4 is 0 Å². The molecule has 0 bridgehead atoms. The molecular formula is C34H42O12. The van der Waals surface area contributed by atoms with E-state index in [4.69, 9.17) is 19.7 Å². The highest BCUT2D eigenvalue weighted by molar-refractivity contribution is 6.05. The van der Waals surface area contributed by atoms with Crippen molar-refractivity contribution in [2.45, 2.75) is 89.9 Å². The maximum absolute atomic E-state index is 12.3. The Balaban J connectivity index is 1.43. The lowest BCUT2D eigenvalue weighted by Gasteiger charge is -2.08. The van der Waals surface area contributed by atoms with Crippen LogP contribution in [0.3, 0.4) is 0 Å². The van der Waals surface area contributed by atoms with E-state index in [2.05, 4.69) is 0 Å². The first-order valence-electron chi connectivity index (χ1n) is 15.6. The predicted octanol–water partition coefficient (Wildman–Crippen LogP) is 6.95. The third-order valence-electron chi connectivity index (χ3n) is 7.44. The van der Waals surface area contributed by atoms with Crippen LogP contribution in [0, 0.1) is 0 Å². The topological polar surface area (TPSA) is 202 Å². The fourth-order valence-corrected chi connectivity index (χ4v) is 4.88. The minimum atomic E-state index is -1.39. The summed E-state index contributed by atoms with van der Waals surface area (Å²) < 4.78 is 10.4. The van der Waals surface area contributed by atoms with Crippen LogP contribution in [0.1, 0.15) is 152 Å². The van der Waals surface area contributed by atoms with E-state index in [1.165, 1.54) is 25.0 Å². The number of benzene rings is 2. The van der Waals surface area contributed by atoms with Gasteiger partial charge in [-0.3, -0.25) is 0 Å². The average molecular weight is 643 g/mol. The number of unbranched alkanes of at least 4 members (excludes halogenated alkanes) is 13. The fraction of sp³-hybridized carbons (Fsp3) is 0.471. The summed E-state index contributed by atoms with van der Waals surface area (Å²) in [5.74, 6) is -6.91. The van der Waals surface area contributed by atoms with Crippen molar-refractivity contribution in [3.8, 4) is 0 Å². The summed E-state index contributed by atoms with van der Waals surface area (Å²) in [7, 11) is 0. The van der Waals surface area contributed by atoms with Gasteiger partial charge < -0.3 is 29.9 Å². The van der Waals surface area contributed by atoms with Crippen LogP contribution in [0.4, 0.5) is 0 Å². The highest BCUT2D eigenvalue weighted by Crippen LogP contribution is 2.17. The molecule has 0 fully saturated rings. The van der Waals surface area contributed by atoms with Gasteiger partial charge >= 0.3 is 35.8 Å². The van der Waals surface area contributed by atoms with Gasteiger partial charge in [-0.05, 0) is 49.2 Å². The molecule has 2 aromatic carbocycles. The molecule has 12 heteroatoms. The summed E-state index contributed by atoms with van der Waals surface area (Å²) in [4.78, 5) is 69.4. The average Bonchev–Trinajstić information content (AvgIpc) is 3.03. The van der Waals surface area contributed by atoms with Gasteiger partial charge in [0.2, 0.25) is 0 Å². The van der Waals surface area contributed by atoms with E-state index in [1.807, 2.05) is 0 Å². The third-order valence-corrected chi connectivity index (χ3v) is 7.44. The number of carbonyl (C=O) groups is 6. The van der Waals surface area contributed by atoms with E-state index in [0.717, 1.165) is 88.5 Å². The van der Waals surface area contributed by atoms with Crippen molar-refractivity contribution < 1.29 is 58.7 Å². The fourth-order valence-electron chi connectivity index (χ4n) is 4.88. The molecule has 0 unspecified atom stereocenters. The van der Waals surface area contributed by atoms with Gasteiger partial charge in [-0.15, -0.1) is 0 Å². The molecule has 0 spiro atoms. The van der Waals surface area contributed by atoms with Crippen molar-refractivity contribution in [2.75, 3.05) is 13.2 Å². The summed E-state index contributed by atoms with van der Waals surface area (Å²) in [5.41, 5.74) is -1.56. The molecule has 0 aromatic heterocycles. The number of rotatable bonds is 23. The number of hydrogen-bond donors (Lipinski definition) is 4. The van der Waals surface area contributed by atoms with Crippen LogP contribution in [0.2, 0.25) is 0 Å². The standard InChI is InChI=1S/C34H42O12/c35-29(36)23-15-17-25(27(21-23)31(39)40)33(43)45-19-13-11-9-7-5-3-1-2-4-6-8-10-12-14-20-46-34(44)26-18-16-24(30(37)38)22-28(26)32(41)42/h15-18,21-22H,1-14,19-20H2,(H,35,36)(H,37,38)(H,39,40)(H,41,42). The molecule has 0 amide bonds. The minimum absolute atomic E-state index is 0.167. The summed E-state index contributed by atoms with van der Waals surface area (Å²) in [6.07, 6.45) is 14.2. The second kappa shape index (κ2) is 20.3. The summed E-state index contributed by atoms with van der Waals surface area (Å²) >= 11 is 0. The molecule has 2 aromatic rings. The van der Waals surface area contributed by atoms with E-state index in [9.17, 15) is 39.0 Å². The van der Waals surface area contributed by atoms with Crippen LogP contribution in [0.5, 0.6) is 0 Å². The molecule has 0 radical (unpaired) electrons. The van der Waals surface area contributed by atoms with Gasteiger partial charge in [-0.1, -0.05) is 77.0 Å². The Hall–Kier alpha value is -4.74. The highest BCUT2D eigenvalue weighted by atomic mass is 16.5. The lowest BCUT2D eigenvalue weighted by Crippen LogP contribution is -2.13. The van der Waals surface area contributed by atoms with Gasteiger partial charge in [0, 0.05) is 0 Å². The Labute approximate surface area is 267 Å². The Kier molecular flexibility index (Phi) is 16.5. The summed E-state index contributed by atoms with van der Waals surface area (Å²) in [6.45, 7) is 0.337. The normalized spacial score (nSPS) is 10.7. The summed E-state index contributed by atoms with van der Waals surface area (Å²) in [5, 5.41) is 36.6. The Morgan fingerprint density at radius 3 is 0.935 bits per heavy atom. The number of carboxylic acids is 4. The van der Waals surface area contributed by atoms with Crippen molar-refractivity contribution in [3.63, 3.8) is 0 Å². The Morgan fingerprint density at radius 2 is 0.674 bits per heavy atom. The van der Waals surface area contributed by atoms with Gasteiger partial charge in [0.05, 0.1) is 46.6 Å². The van der Waals surface area contributed by atoms with Gasteiger partial charge in [0.1, 0.15) is 0 Å². The highest BCUT2D eigenvalue weighted by Gasteiger charge is 2.21. The summed E-state index contributed by atoms with van der Waals surface area (Å²) in [6, 6.07) is 6.57. The lowest BCUT2D eigenvalue weighted by molar-refractivity contribution is 0.0481. The second-order valence-electron chi connectivity index (χ2n) is 11.0. The first kappa shape index (κ1) is 37.4. The van der Waals surface area contributed by atoms with Gasteiger partial charge in [0.15, 0.2) is 0 Å². The third kappa shape index (κ3) is 13.1. The number of ether oxygens (including phenoxy) is 2. The zero-order chi connectivity index (χ0) is 33.9. The molecule has 0 aliphatic heterocycles. The van der Waals surface area contributed by atoms with E-state index in [0.29, 0.717) is 12.8 Å². The molecule has 2 rings (SSSR count). The number of aromatic carboxylic acids is 4. The number of carboxylic acid groups (broad SMARTS) is 4. The second-order valence-corrected chi connectivity index (χ2v) is 11.0. The van der Waals surface area contributed by atoms with Crippen molar-refractivity contribution in [1.29, 1.82) is 0 Å². The van der Waals surface area contributed by atoms with E-state index in [1.54, 1.807) is 0 Å². The van der Waals surface area contributed by atoms with Crippen LogP contribution in [-0.4, -0.2) is 69.5 Å². The molecule has 0 atom stereocenters. The molecule has 4 N–H and O–H groups in total. The minimum Gasteiger partial charge on any atom is -0.478 e. The zero-order valence-electron chi connectivity index (χ0n) is 25.8. The van der Waals surface area contributed by atoms with Crippen LogP contribution in [0.15, 0.2) is 36.4 Å². The molecular weight excluding hydrogens is 600 g/mol. The van der Waals surface area contributed by atoms with Crippen molar-refractivity contribution in [3.05, 3.63) is 69.8 Å². The zero-order valence-corrected chi connectivity index (χ0v) is 25.8. The Morgan fingerprint density at radius 1 is 0.391 bits per heavy atom. The van der Waals surface area contributed by atoms with Gasteiger partial charge in [0.25, 0.3) is 0 Å². The molecule has 46 heavy (non-hydrogen) atoms. The monoisotopic (exact) mass is 642 g/mol. The molecule has 0 saturated carbocycles. The number of esters is 2. The first-order chi connectivity index (χ1) is 22.0. The van der Waals surface area contributed by atoms with Gasteiger partial charge in [-0.25, -0.2) is 28.8 Å². The maximum atomic E-state index is 12.3. The SMILES string of the molecule is O=C(O)c1ccc(C(=O)OCCCCCCCCCCCCCCCCOC(=O)c2ccc(C(=O)O)cc2C(=O)O)c(C(=O)O)c1. The van der Waals surface area contributed by atoms with E-state index < -0.39 is 46.9 Å². The number of carbonyl (C=O) groups excluding carboxylic acids is 2. The Bertz CT molecular complexity index is 1260. The number of hydrogen-bond acceptors (Lipinski definition) is 8. The first-order valence-corrected chi connectivity index (χ1v) is 15.6. The molecule has 0 aliphatic carbocycles. The molecule has 12 nitrogen and oxygen atoms in total. The molecule has 0 heterocycles. The smallest absolute Gasteiger partial charge is 0.339 e. The van der Waals surface area contributed by atoms with Crippen LogP contribution >= 0.6 is 0 Å². The molecule has 0 saturated heterocycles. The van der Waals surface area contributed by atoms with E-state index >= 15 is 0 Å². The predicted molar refractivity (Wildman–Crippen MR) is 166 cm³/mol. The molecule has 250 valence electrons. The lowest BCUT2D eigenvalue weighted by atomic mass is 10.0. The van der Waals surface area contributed by atoms with Gasteiger partial charge in [-0.2, -0.15) is 0 Å². The van der Waals surface area contributed by atoms with Crippen molar-refractivity contribution in [2.24, 2.45) is 0 Å².